The Labute approximate surface area is 185 Å². The van der Waals surface area contributed by atoms with E-state index in [2.05, 4.69) is 5.32 Å². The van der Waals surface area contributed by atoms with Gasteiger partial charge in [-0.15, -0.1) is 0 Å². The molecule has 0 aliphatic carbocycles. The third-order valence-electron chi connectivity index (χ3n) is 5.09. The summed E-state index contributed by atoms with van der Waals surface area (Å²) in [6.45, 7) is 0.950. The molecule has 1 aliphatic rings. The zero-order valence-electron chi connectivity index (χ0n) is 17.4. The molecule has 1 N–H and O–H groups in total. The molecule has 0 bridgehead atoms. The van der Waals surface area contributed by atoms with Crippen LogP contribution in [0, 0.1) is 11.7 Å². The SMILES string of the molecule is CC(=O)c1ccccc1NC(=O)COC(=O)C1CCCN(S(=O)(=O)c2ccc(F)cc2)C1. The third-order valence-corrected chi connectivity index (χ3v) is 6.97. The molecule has 32 heavy (non-hydrogen) atoms. The van der Waals surface area contributed by atoms with Crippen molar-refractivity contribution in [1.29, 1.82) is 0 Å². The number of esters is 1. The summed E-state index contributed by atoms with van der Waals surface area (Å²) >= 11 is 0. The highest BCUT2D eigenvalue weighted by Crippen LogP contribution is 2.25. The Kier molecular flexibility index (Phi) is 7.37. The van der Waals surface area contributed by atoms with Crippen LogP contribution in [0.1, 0.15) is 30.1 Å². The minimum atomic E-state index is -3.88. The van der Waals surface area contributed by atoms with E-state index in [9.17, 15) is 27.2 Å². The second-order valence-corrected chi connectivity index (χ2v) is 9.35. The first kappa shape index (κ1) is 23.6. The number of nitrogens with one attached hydrogen (secondary N) is 1. The fourth-order valence-electron chi connectivity index (χ4n) is 3.45. The van der Waals surface area contributed by atoms with Crippen molar-refractivity contribution in [3.8, 4) is 0 Å². The maximum absolute atomic E-state index is 13.1. The Morgan fingerprint density at radius 3 is 2.50 bits per heavy atom. The molecule has 10 heteroatoms. The summed E-state index contributed by atoms with van der Waals surface area (Å²) in [6, 6.07) is 10.9. The lowest BCUT2D eigenvalue weighted by atomic mass is 10.00. The molecule has 0 spiro atoms. The Balaban J connectivity index is 1.58. The summed E-state index contributed by atoms with van der Waals surface area (Å²) in [4.78, 5) is 36.2. The van der Waals surface area contributed by atoms with Gasteiger partial charge in [-0.25, -0.2) is 12.8 Å². The molecule has 2 aromatic rings. The molecule has 8 nitrogen and oxygen atoms in total. The van der Waals surface area contributed by atoms with E-state index in [1.165, 1.54) is 23.4 Å². The largest absolute Gasteiger partial charge is 0.455 e. The van der Waals surface area contributed by atoms with Crippen molar-refractivity contribution in [2.24, 2.45) is 5.92 Å². The van der Waals surface area contributed by atoms with Crippen LogP contribution >= 0.6 is 0 Å². The molecule has 0 radical (unpaired) electrons. The van der Waals surface area contributed by atoms with E-state index in [0.717, 1.165) is 12.1 Å². The van der Waals surface area contributed by atoms with Gasteiger partial charge in [0.2, 0.25) is 10.0 Å². The number of rotatable bonds is 7. The zero-order chi connectivity index (χ0) is 23.3. The molecule has 2 aromatic carbocycles. The molecule has 170 valence electrons. The first-order valence-electron chi connectivity index (χ1n) is 10.0. The number of ether oxygens (including phenoxy) is 1. The Hall–Kier alpha value is -3.11. The molecule has 1 atom stereocenters. The number of amides is 1. The van der Waals surface area contributed by atoms with Crippen molar-refractivity contribution in [3.63, 3.8) is 0 Å². The fourth-order valence-corrected chi connectivity index (χ4v) is 4.97. The Morgan fingerprint density at radius 1 is 1.12 bits per heavy atom. The van der Waals surface area contributed by atoms with Gasteiger partial charge in [-0.2, -0.15) is 4.31 Å². The average Bonchev–Trinajstić information content (AvgIpc) is 2.78. The molecular weight excluding hydrogens is 439 g/mol. The predicted molar refractivity (Wildman–Crippen MR) is 114 cm³/mol. The van der Waals surface area contributed by atoms with Gasteiger partial charge in [0.15, 0.2) is 12.4 Å². The first-order chi connectivity index (χ1) is 15.2. The monoisotopic (exact) mass is 462 g/mol. The minimum absolute atomic E-state index is 0.0589. The molecule has 1 heterocycles. The van der Waals surface area contributed by atoms with E-state index in [-0.39, 0.29) is 23.8 Å². The van der Waals surface area contributed by atoms with Gasteiger partial charge in [-0.1, -0.05) is 12.1 Å². The van der Waals surface area contributed by atoms with Crippen molar-refractivity contribution in [1.82, 2.24) is 4.31 Å². The molecule has 0 saturated carbocycles. The smallest absolute Gasteiger partial charge is 0.310 e. The summed E-state index contributed by atoms with van der Waals surface area (Å²) in [5.74, 6) is -2.79. The quantitative estimate of drug-likeness (QED) is 0.500. The number of ketones is 1. The normalized spacial score (nSPS) is 16.9. The van der Waals surface area contributed by atoms with E-state index in [1.807, 2.05) is 0 Å². The van der Waals surface area contributed by atoms with Crippen molar-refractivity contribution in [3.05, 3.63) is 59.9 Å². The summed E-state index contributed by atoms with van der Waals surface area (Å²) in [5, 5.41) is 2.54. The fraction of sp³-hybridized carbons (Fsp3) is 0.318. The topological polar surface area (TPSA) is 110 Å². The third kappa shape index (κ3) is 5.57. The number of sulfonamides is 1. The van der Waals surface area contributed by atoms with Crippen molar-refractivity contribution < 1.29 is 31.9 Å². The molecular formula is C22H23FN2O6S. The second kappa shape index (κ2) is 10.0. The number of hydrogen-bond donors (Lipinski definition) is 1. The molecule has 3 rings (SSSR count). The number of nitrogens with zero attached hydrogens (tertiary/aromatic N) is 1. The molecule has 0 aromatic heterocycles. The zero-order valence-corrected chi connectivity index (χ0v) is 18.2. The van der Waals surface area contributed by atoms with Crippen LogP contribution < -0.4 is 5.32 Å². The molecule has 1 aliphatic heterocycles. The number of anilines is 1. The lowest BCUT2D eigenvalue weighted by Gasteiger charge is -2.30. The van der Waals surface area contributed by atoms with Gasteiger partial charge in [-0.05, 0) is 56.2 Å². The van der Waals surface area contributed by atoms with Crippen LogP contribution in [0.2, 0.25) is 0 Å². The summed E-state index contributed by atoms with van der Waals surface area (Å²) in [7, 11) is -3.88. The van der Waals surface area contributed by atoms with Gasteiger partial charge in [0.25, 0.3) is 5.91 Å². The van der Waals surface area contributed by atoms with Gasteiger partial charge < -0.3 is 10.1 Å². The standard InChI is InChI=1S/C22H23FN2O6S/c1-15(26)19-6-2-3-7-20(19)24-21(27)14-31-22(28)16-5-4-12-25(13-16)32(29,30)18-10-8-17(23)9-11-18/h2-3,6-11,16H,4-5,12-14H2,1H3,(H,24,27). The van der Waals surface area contributed by atoms with Crippen LogP contribution in [-0.2, 0) is 24.3 Å². The van der Waals surface area contributed by atoms with Crippen molar-refractivity contribution in [2.75, 3.05) is 25.0 Å². The van der Waals surface area contributed by atoms with E-state index in [1.54, 1.807) is 24.3 Å². The van der Waals surface area contributed by atoms with Crippen LogP contribution in [-0.4, -0.2) is 50.1 Å². The minimum Gasteiger partial charge on any atom is -0.455 e. The van der Waals surface area contributed by atoms with Crippen LogP contribution in [0.3, 0.4) is 0 Å². The molecule has 1 amide bonds. The van der Waals surface area contributed by atoms with E-state index in [4.69, 9.17) is 4.74 Å². The molecule has 1 saturated heterocycles. The van der Waals surface area contributed by atoms with Crippen molar-refractivity contribution in [2.45, 2.75) is 24.7 Å². The Bertz CT molecular complexity index is 1120. The lowest BCUT2D eigenvalue weighted by molar-refractivity contribution is -0.152. The van der Waals surface area contributed by atoms with Gasteiger partial charge >= 0.3 is 5.97 Å². The first-order valence-corrected chi connectivity index (χ1v) is 11.4. The molecule has 1 unspecified atom stereocenters. The van der Waals surface area contributed by atoms with Crippen molar-refractivity contribution >= 4 is 33.4 Å². The summed E-state index contributed by atoms with van der Waals surface area (Å²) in [5.41, 5.74) is 0.649. The van der Waals surface area contributed by atoms with E-state index >= 15 is 0 Å². The van der Waals surface area contributed by atoms with Gasteiger partial charge in [0.05, 0.1) is 16.5 Å². The lowest BCUT2D eigenvalue weighted by Crippen LogP contribution is -2.43. The highest BCUT2D eigenvalue weighted by molar-refractivity contribution is 7.89. The van der Waals surface area contributed by atoms with Gasteiger partial charge in [0, 0.05) is 18.7 Å². The highest BCUT2D eigenvalue weighted by Gasteiger charge is 2.34. The van der Waals surface area contributed by atoms with Crippen LogP contribution in [0.15, 0.2) is 53.4 Å². The number of benzene rings is 2. The summed E-state index contributed by atoms with van der Waals surface area (Å²) < 4.78 is 44.9. The second-order valence-electron chi connectivity index (χ2n) is 7.41. The van der Waals surface area contributed by atoms with Gasteiger partial charge in [0.1, 0.15) is 5.82 Å². The maximum atomic E-state index is 13.1. The number of para-hydroxylation sites is 1. The number of halogens is 1. The highest BCUT2D eigenvalue weighted by atomic mass is 32.2. The maximum Gasteiger partial charge on any atom is 0.310 e. The van der Waals surface area contributed by atoms with Gasteiger partial charge in [-0.3, -0.25) is 14.4 Å². The number of piperidine rings is 1. The van der Waals surface area contributed by atoms with E-state index in [0.29, 0.717) is 24.1 Å². The molecule has 1 fully saturated rings. The van der Waals surface area contributed by atoms with E-state index < -0.39 is 40.2 Å². The summed E-state index contributed by atoms with van der Waals surface area (Å²) in [6.07, 6.45) is 0.863. The Morgan fingerprint density at radius 2 is 1.81 bits per heavy atom. The van der Waals surface area contributed by atoms with Crippen LogP contribution in [0.4, 0.5) is 10.1 Å². The number of carbonyl (C=O) groups is 3. The number of Topliss-reactive ketones (excluding diaryl/α,β-unsaturated/α-hetero) is 1. The number of carbonyl (C=O) groups excluding carboxylic acids is 3. The number of hydrogen-bond acceptors (Lipinski definition) is 6. The average molecular weight is 462 g/mol. The van der Waals surface area contributed by atoms with Crippen LogP contribution in [0.25, 0.3) is 0 Å². The van der Waals surface area contributed by atoms with Crippen LogP contribution in [0.5, 0.6) is 0 Å². The predicted octanol–water partition coefficient (Wildman–Crippen LogP) is 2.61.